The fourth-order valence-electron chi connectivity index (χ4n) is 2.43. The molecule has 6 nitrogen and oxygen atoms in total. The summed E-state index contributed by atoms with van der Waals surface area (Å²) in [4.78, 5) is 16.0. The zero-order chi connectivity index (χ0) is 21.5. The highest BCUT2D eigenvalue weighted by Crippen LogP contribution is 2.34. The average Bonchev–Trinajstić information content (AvgIpc) is 2.75. The molecular weight excluding hydrogens is 493 g/mol. The molecule has 0 unspecified atom stereocenters. The van der Waals surface area contributed by atoms with Gasteiger partial charge in [-0.2, -0.15) is 5.10 Å². The van der Waals surface area contributed by atoms with Crippen LogP contribution in [-0.2, 0) is 6.61 Å². The van der Waals surface area contributed by atoms with Gasteiger partial charge in [-0.3, -0.25) is 9.78 Å². The van der Waals surface area contributed by atoms with E-state index in [1.54, 1.807) is 48.5 Å². The second-order valence-electron chi connectivity index (χ2n) is 5.96. The Morgan fingerprint density at radius 1 is 1.20 bits per heavy atom. The zero-order valence-electron chi connectivity index (χ0n) is 15.7. The summed E-state index contributed by atoms with van der Waals surface area (Å²) in [6.07, 6.45) is 3.03. The first-order valence-electron chi connectivity index (χ1n) is 8.66. The molecule has 9 heteroatoms. The van der Waals surface area contributed by atoms with Gasteiger partial charge in [0.25, 0.3) is 5.91 Å². The molecule has 0 saturated carbocycles. The number of ether oxygens (including phenoxy) is 2. The van der Waals surface area contributed by atoms with E-state index < -0.39 is 5.91 Å². The summed E-state index contributed by atoms with van der Waals surface area (Å²) in [6, 6.07) is 13.8. The summed E-state index contributed by atoms with van der Waals surface area (Å²) in [5.41, 5.74) is 4.19. The Kier molecular flexibility index (Phi) is 7.68. The third kappa shape index (κ3) is 5.72. The van der Waals surface area contributed by atoms with Gasteiger partial charge in [0.15, 0.2) is 11.5 Å². The number of amides is 1. The molecular formula is C21H16BrCl2N3O3. The number of pyridine rings is 1. The number of carbonyl (C=O) groups is 1. The van der Waals surface area contributed by atoms with Gasteiger partial charge >= 0.3 is 0 Å². The van der Waals surface area contributed by atoms with Crippen molar-refractivity contribution >= 4 is 51.3 Å². The van der Waals surface area contributed by atoms with E-state index in [1.807, 2.05) is 0 Å². The number of hydrogen-bond acceptors (Lipinski definition) is 5. The number of methoxy groups -OCH3 is 1. The maximum absolute atomic E-state index is 12.0. The Hall–Kier alpha value is -2.61. The molecule has 0 radical (unpaired) electrons. The molecule has 0 aliphatic heterocycles. The summed E-state index contributed by atoms with van der Waals surface area (Å²) >= 11 is 15.6. The zero-order valence-corrected chi connectivity index (χ0v) is 18.8. The first-order valence-corrected chi connectivity index (χ1v) is 10.2. The summed E-state index contributed by atoms with van der Waals surface area (Å²) < 4.78 is 12.0. The maximum Gasteiger partial charge on any atom is 0.289 e. The second-order valence-corrected chi connectivity index (χ2v) is 7.66. The Bertz CT molecular complexity index is 1080. The number of rotatable bonds is 7. The lowest BCUT2D eigenvalue weighted by Crippen LogP contribution is -2.18. The number of hydrogen-bond donors (Lipinski definition) is 1. The standard InChI is InChI=1S/C21H16BrCl2N3O3/c1-29-19-8-14(11-26-27-21(28)18-4-2-3-7-25-18)16(22)10-20(19)30-12-13-5-6-15(23)9-17(13)24/h2-11H,12H2,1H3,(H,27,28)/b26-11-. The first-order chi connectivity index (χ1) is 14.5. The van der Waals surface area contributed by atoms with Crippen molar-refractivity contribution in [2.24, 2.45) is 5.10 Å². The van der Waals surface area contributed by atoms with Crippen molar-refractivity contribution in [3.8, 4) is 11.5 Å². The minimum absolute atomic E-state index is 0.242. The second kappa shape index (κ2) is 10.4. The van der Waals surface area contributed by atoms with Gasteiger partial charge in [-0.05, 0) is 52.3 Å². The lowest BCUT2D eigenvalue weighted by molar-refractivity contribution is 0.0950. The Morgan fingerprint density at radius 2 is 2.03 bits per heavy atom. The smallest absolute Gasteiger partial charge is 0.289 e. The van der Waals surface area contributed by atoms with Crippen molar-refractivity contribution in [3.63, 3.8) is 0 Å². The lowest BCUT2D eigenvalue weighted by Gasteiger charge is -2.13. The molecule has 0 aliphatic carbocycles. The third-order valence-corrected chi connectivity index (χ3v) is 5.22. The van der Waals surface area contributed by atoms with Gasteiger partial charge in [-0.1, -0.05) is 35.3 Å². The first kappa shape index (κ1) is 22.1. The number of halogens is 3. The van der Waals surface area contributed by atoms with Gasteiger partial charge in [-0.25, -0.2) is 5.43 Å². The number of nitrogens with one attached hydrogen (secondary N) is 1. The quantitative estimate of drug-likeness (QED) is 0.337. The molecule has 0 bridgehead atoms. The number of aromatic nitrogens is 1. The molecule has 1 aromatic heterocycles. The highest BCUT2D eigenvalue weighted by Gasteiger charge is 2.11. The summed E-state index contributed by atoms with van der Waals surface area (Å²) in [5, 5.41) is 5.06. The van der Waals surface area contributed by atoms with Crippen molar-refractivity contribution in [3.05, 3.63) is 86.1 Å². The fourth-order valence-corrected chi connectivity index (χ4v) is 3.32. The van der Waals surface area contributed by atoms with Gasteiger partial charge in [0, 0.05) is 31.8 Å². The van der Waals surface area contributed by atoms with Crippen LogP contribution in [0.3, 0.4) is 0 Å². The highest BCUT2D eigenvalue weighted by molar-refractivity contribution is 9.10. The molecule has 154 valence electrons. The van der Waals surface area contributed by atoms with E-state index in [1.165, 1.54) is 19.5 Å². The van der Waals surface area contributed by atoms with Gasteiger partial charge in [0.05, 0.1) is 13.3 Å². The van der Waals surface area contributed by atoms with Crippen molar-refractivity contribution in [1.29, 1.82) is 0 Å². The molecule has 1 amide bonds. The Balaban J connectivity index is 1.71. The van der Waals surface area contributed by atoms with Crippen LogP contribution in [0, 0.1) is 0 Å². The van der Waals surface area contributed by atoms with E-state index in [9.17, 15) is 4.79 Å². The average molecular weight is 509 g/mol. The van der Waals surface area contributed by atoms with Crippen LogP contribution in [-0.4, -0.2) is 24.2 Å². The molecule has 3 aromatic rings. The molecule has 0 atom stereocenters. The van der Waals surface area contributed by atoms with Gasteiger partial charge in [0.1, 0.15) is 12.3 Å². The third-order valence-electron chi connectivity index (χ3n) is 3.95. The van der Waals surface area contributed by atoms with Crippen LogP contribution in [0.5, 0.6) is 11.5 Å². The SMILES string of the molecule is COc1cc(/C=N\NC(=O)c2ccccn2)c(Br)cc1OCc1ccc(Cl)cc1Cl. The Labute approximate surface area is 192 Å². The minimum atomic E-state index is -0.408. The Morgan fingerprint density at radius 3 is 2.73 bits per heavy atom. The normalized spacial score (nSPS) is 10.8. The van der Waals surface area contributed by atoms with Gasteiger partial charge in [-0.15, -0.1) is 0 Å². The summed E-state index contributed by atoms with van der Waals surface area (Å²) in [5.74, 6) is 0.612. The van der Waals surface area contributed by atoms with E-state index in [2.05, 4.69) is 31.4 Å². The van der Waals surface area contributed by atoms with E-state index in [-0.39, 0.29) is 12.3 Å². The monoisotopic (exact) mass is 507 g/mol. The van der Waals surface area contributed by atoms with Crippen molar-refractivity contribution in [2.75, 3.05) is 7.11 Å². The van der Waals surface area contributed by atoms with Crippen LogP contribution in [0.2, 0.25) is 10.0 Å². The van der Waals surface area contributed by atoms with Crippen LogP contribution >= 0.6 is 39.1 Å². The number of nitrogens with zero attached hydrogens (tertiary/aromatic N) is 2. The van der Waals surface area contributed by atoms with Crippen LogP contribution in [0.1, 0.15) is 21.6 Å². The van der Waals surface area contributed by atoms with Crippen LogP contribution in [0.25, 0.3) is 0 Å². The lowest BCUT2D eigenvalue weighted by atomic mass is 10.2. The molecule has 3 rings (SSSR count). The van der Waals surface area contributed by atoms with Crippen LogP contribution < -0.4 is 14.9 Å². The molecule has 0 fully saturated rings. The van der Waals surface area contributed by atoms with Crippen molar-refractivity contribution in [1.82, 2.24) is 10.4 Å². The van der Waals surface area contributed by atoms with Gasteiger partial charge < -0.3 is 9.47 Å². The summed E-state index contributed by atoms with van der Waals surface area (Å²) in [7, 11) is 1.54. The van der Waals surface area contributed by atoms with E-state index in [0.717, 1.165) is 5.56 Å². The van der Waals surface area contributed by atoms with E-state index in [4.69, 9.17) is 32.7 Å². The van der Waals surface area contributed by atoms with Crippen LogP contribution in [0.15, 0.2) is 64.3 Å². The predicted molar refractivity (Wildman–Crippen MR) is 121 cm³/mol. The molecule has 2 aromatic carbocycles. The number of hydrazone groups is 1. The largest absolute Gasteiger partial charge is 0.493 e. The summed E-state index contributed by atoms with van der Waals surface area (Å²) in [6.45, 7) is 0.242. The van der Waals surface area contributed by atoms with E-state index in [0.29, 0.717) is 31.6 Å². The highest BCUT2D eigenvalue weighted by atomic mass is 79.9. The minimum Gasteiger partial charge on any atom is -0.493 e. The molecule has 0 aliphatic rings. The van der Waals surface area contributed by atoms with Gasteiger partial charge in [0.2, 0.25) is 0 Å². The fraction of sp³-hybridized carbons (Fsp3) is 0.0952. The van der Waals surface area contributed by atoms with E-state index >= 15 is 0 Å². The number of carbonyl (C=O) groups excluding carboxylic acids is 1. The molecule has 0 spiro atoms. The molecule has 0 saturated heterocycles. The van der Waals surface area contributed by atoms with Crippen molar-refractivity contribution in [2.45, 2.75) is 6.61 Å². The maximum atomic E-state index is 12.0. The molecule has 1 heterocycles. The number of benzene rings is 2. The van der Waals surface area contributed by atoms with Crippen molar-refractivity contribution < 1.29 is 14.3 Å². The predicted octanol–water partition coefficient (Wildman–Crippen LogP) is 5.50. The molecule has 30 heavy (non-hydrogen) atoms. The molecule has 1 N–H and O–H groups in total. The van der Waals surface area contributed by atoms with Crippen LogP contribution in [0.4, 0.5) is 0 Å². The topological polar surface area (TPSA) is 72.8 Å².